The highest BCUT2D eigenvalue weighted by Gasteiger charge is 2.23. The van der Waals surface area contributed by atoms with Gasteiger partial charge < -0.3 is 14.6 Å². The van der Waals surface area contributed by atoms with E-state index in [4.69, 9.17) is 9.47 Å². The zero-order chi connectivity index (χ0) is 17.7. The summed E-state index contributed by atoms with van der Waals surface area (Å²) in [5, 5.41) is 10.4. The molecule has 1 fully saturated rings. The standard InChI is InChI=1S/C20H33NO3/c1-15-8-6-7-11-21(15)13-16(22)14-24-19-10-9-17(23-5)12-18(19)20(2,3)4/h9-10,12,15-16,22H,6-8,11,13-14H2,1-5H3. The van der Waals surface area contributed by atoms with Gasteiger partial charge in [-0.15, -0.1) is 0 Å². The quantitative estimate of drug-likeness (QED) is 0.862. The van der Waals surface area contributed by atoms with Crippen molar-refractivity contribution in [3.8, 4) is 11.5 Å². The predicted molar refractivity (Wildman–Crippen MR) is 98.1 cm³/mol. The molecule has 1 heterocycles. The SMILES string of the molecule is COc1ccc(OCC(O)CN2CCCCC2C)c(C(C)(C)C)c1. The molecule has 136 valence electrons. The van der Waals surface area contributed by atoms with Gasteiger partial charge in [-0.05, 0) is 49.9 Å². The number of methoxy groups -OCH3 is 1. The summed E-state index contributed by atoms with van der Waals surface area (Å²) in [6, 6.07) is 6.42. The maximum atomic E-state index is 10.4. The molecule has 1 aliphatic rings. The minimum Gasteiger partial charge on any atom is -0.497 e. The van der Waals surface area contributed by atoms with E-state index in [2.05, 4.69) is 32.6 Å². The molecule has 0 spiro atoms. The molecule has 0 radical (unpaired) electrons. The van der Waals surface area contributed by atoms with Crippen LogP contribution < -0.4 is 9.47 Å². The van der Waals surface area contributed by atoms with Crippen molar-refractivity contribution < 1.29 is 14.6 Å². The molecule has 2 unspecified atom stereocenters. The van der Waals surface area contributed by atoms with Gasteiger partial charge in [0.15, 0.2) is 0 Å². The Morgan fingerprint density at radius 2 is 2.04 bits per heavy atom. The molecule has 0 amide bonds. The summed E-state index contributed by atoms with van der Waals surface area (Å²) >= 11 is 0. The summed E-state index contributed by atoms with van der Waals surface area (Å²) in [7, 11) is 1.67. The van der Waals surface area contributed by atoms with Crippen LogP contribution in [0.5, 0.6) is 11.5 Å². The van der Waals surface area contributed by atoms with E-state index in [0.29, 0.717) is 19.2 Å². The first-order valence-corrected chi connectivity index (χ1v) is 9.04. The lowest BCUT2D eigenvalue weighted by atomic mass is 9.86. The lowest BCUT2D eigenvalue weighted by Gasteiger charge is -2.34. The third kappa shape index (κ3) is 5.12. The number of β-amino-alcohol motifs (C(OH)–C–C–N with tert-alkyl or cyclic N) is 1. The molecule has 0 bridgehead atoms. The first-order valence-electron chi connectivity index (χ1n) is 9.04. The van der Waals surface area contributed by atoms with Gasteiger partial charge in [0, 0.05) is 18.2 Å². The molecule has 2 atom stereocenters. The summed E-state index contributed by atoms with van der Waals surface area (Å²) in [4.78, 5) is 2.37. The Hall–Kier alpha value is -1.26. The summed E-state index contributed by atoms with van der Waals surface area (Å²) in [6.07, 6.45) is 3.27. The Balaban J connectivity index is 1.98. The molecule has 0 aromatic heterocycles. The smallest absolute Gasteiger partial charge is 0.123 e. The Morgan fingerprint density at radius 3 is 2.67 bits per heavy atom. The van der Waals surface area contributed by atoms with Crippen LogP contribution in [0, 0.1) is 0 Å². The molecule has 1 aliphatic heterocycles. The van der Waals surface area contributed by atoms with Crippen molar-refractivity contribution in [2.75, 3.05) is 26.8 Å². The number of ether oxygens (including phenoxy) is 2. The van der Waals surface area contributed by atoms with Crippen molar-refractivity contribution in [3.05, 3.63) is 23.8 Å². The van der Waals surface area contributed by atoms with E-state index in [0.717, 1.165) is 23.6 Å². The highest BCUT2D eigenvalue weighted by molar-refractivity contribution is 5.44. The van der Waals surface area contributed by atoms with Gasteiger partial charge in [-0.25, -0.2) is 0 Å². The van der Waals surface area contributed by atoms with E-state index < -0.39 is 6.10 Å². The number of aliphatic hydroxyl groups is 1. The lowest BCUT2D eigenvalue weighted by molar-refractivity contribution is 0.0433. The van der Waals surface area contributed by atoms with Gasteiger partial charge in [0.1, 0.15) is 24.2 Å². The topological polar surface area (TPSA) is 41.9 Å². The average Bonchev–Trinajstić information content (AvgIpc) is 2.54. The zero-order valence-corrected chi connectivity index (χ0v) is 15.8. The molecule has 1 aromatic rings. The Labute approximate surface area is 146 Å². The maximum absolute atomic E-state index is 10.4. The number of hydrogen-bond acceptors (Lipinski definition) is 4. The van der Waals surface area contributed by atoms with E-state index in [1.807, 2.05) is 18.2 Å². The van der Waals surface area contributed by atoms with Crippen molar-refractivity contribution in [2.24, 2.45) is 0 Å². The fraction of sp³-hybridized carbons (Fsp3) is 0.700. The highest BCUT2D eigenvalue weighted by atomic mass is 16.5. The molecule has 2 rings (SSSR count). The normalized spacial score (nSPS) is 20.7. The molecule has 1 saturated heterocycles. The number of hydrogen-bond donors (Lipinski definition) is 1. The fourth-order valence-corrected chi connectivity index (χ4v) is 3.29. The number of likely N-dealkylation sites (tertiary alicyclic amines) is 1. The van der Waals surface area contributed by atoms with Crippen LogP contribution >= 0.6 is 0 Å². The van der Waals surface area contributed by atoms with Gasteiger partial charge in [0.25, 0.3) is 0 Å². The van der Waals surface area contributed by atoms with Crippen molar-refractivity contribution >= 4 is 0 Å². The van der Waals surface area contributed by atoms with E-state index in [-0.39, 0.29) is 5.41 Å². The van der Waals surface area contributed by atoms with Crippen LogP contribution in [0.4, 0.5) is 0 Å². The Morgan fingerprint density at radius 1 is 1.29 bits per heavy atom. The first kappa shape index (κ1) is 19.1. The van der Waals surface area contributed by atoms with E-state index >= 15 is 0 Å². The minimum absolute atomic E-state index is 0.0454. The molecular weight excluding hydrogens is 302 g/mol. The van der Waals surface area contributed by atoms with Crippen LogP contribution in [-0.2, 0) is 5.41 Å². The molecule has 1 aromatic carbocycles. The lowest BCUT2D eigenvalue weighted by Crippen LogP contribution is -2.43. The number of rotatable bonds is 6. The zero-order valence-electron chi connectivity index (χ0n) is 15.8. The second kappa shape index (κ2) is 8.21. The first-order chi connectivity index (χ1) is 11.3. The molecule has 1 N–H and O–H groups in total. The van der Waals surface area contributed by atoms with Crippen LogP contribution in [-0.4, -0.2) is 49.0 Å². The van der Waals surface area contributed by atoms with E-state index in [9.17, 15) is 5.11 Å². The number of aliphatic hydroxyl groups excluding tert-OH is 1. The molecule has 0 saturated carbocycles. The summed E-state index contributed by atoms with van der Waals surface area (Å²) in [5.74, 6) is 1.66. The molecule has 0 aliphatic carbocycles. The number of benzene rings is 1. The van der Waals surface area contributed by atoms with Crippen molar-refractivity contribution in [2.45, 2.75) is 64.5 Å². The van der Waals surface area contributed by atoms with Gasteiger partial charge in [-0.2, -0.15) is 0 Å². The second-order valence-corrected chi connectivity index (χ2v) is 7.92. The molecular formula is C20H33NO3. The fourth-order valence-electron chi connectivity index (χ4n) is 3.29. The van der Waals surface area contributed by atoms with Crippen LogP contribution in [0.1, 0.15) is 52.5 Å². The van der Waals surface area contributed by atoms with Gasteiger partial charge in [0.05, 0.1) is 7.11 Å². The number of piperidine rings is 1. The largest absolute Gasteiger partial charge is 0.497 e. The maximum Gasteiger partial charge on any atom is 0.123 e. The van der Waals surface area contributed by atoms with E-state index in [1.54, 1.807) is 7.11 Å². The predicted octanol–water partition coefficient (Wildman–Crippen LogP) is 3.61. The third-order valence-electron chi connectivity index (χ3n) is 4.81. The second-order valence-electron chi connectivity index (χ2n) is 7.92. The summed E-state index contributed by atoms with van der Waals surface area (Å²) < 4.78 is 11.3. The average molecular weight is 335 g/mol. The highest BCUT2D eigenvalue weighted by Crippen LogP contribution is 2.34. The Kier molecular flexibility index (Phi) is 6.53. The third-order valence-corrected chi connectivity index (χ3v) is 4.81. The minimum atomic E-state index is -0.472. The Bertz CT molecular complexity index is 524. The monoisotopic (exact) mass is 335 g/mol. The van der Waals surface area contributed by atoms with Gasteiger partial charge >= 0.3 is 0 Å². The van der Waals surface area contributed by atoms with Crippen LogP contribution in [0.15, 0.2) is 18.2 Å². The van der Waals surface area contributed by atoms with Crippen LogP contribution in [0.3, 0.4) is 0 Å². The van der Waals surface area contributed by atoms with Crippen molar-refractivity contribution in [3.63, 3.8) is 0 Å². The molecule has 4 heteroatoms. The van der Waals surface area contributed by atoms with Crippen LogP contribution in [0.2, 0.25) is 0 Å². The van der Waals surface area contributed by atoms with Gasteiger partial charge in [-0.1, -0.05) is 27.2 Å². The van der Waals surface area contributed by atoms with Crippen molar-refractivity contribution in [1.29, 1.82) is 0 Å². The molecule has 24 heavy (non-hydrogen) atoms. The van der Waals surface area contributed by atoms with Crippen molar-refractivity contribution in [1.82, 2.24) is 4.90 Å². The number of nitrogens with zero attached hydrogens (tertiary/aromatic N) is 1. The van der Waals surface area contributed by atoms with Gasteiger partial charge in [-0.3, -0.25) is 4.90 Å². The summed E-state index contributed by atoms with van der Waals surface area (Å²) in [5.41, 5.74) is 1.05. The summed E-state index contributed by atoms with van der Waals surface area (Å²) in [6.45, 7) is 10.8. The molecule has 4 nitrogen and oxygen atoms in total. The van der Waals surface area contributed by atoms with E-state index in [1.165, 1.54) is 19.3 Å². The van der Waals surface area contributed by atoms with Crippen LogP contribution in [0.25, 0.3) is 0 Å². The van der Waals surface area contributed by atoms with Gasteiger partial charge in [0.2, 0.25) is 0 Å².